The van der Waals surface area contributed by atoms with Crippen LogP contribution < -0.4 is 10.1 Å². The van der Waals surface area contributed by atoms with Gasteiger partial charge in [0.2, 0.25) is 5.88 Å². The van der Waals surface area contributed by atoms with Crippen LogP contribution in [-0.4, -0.2) is 28.5 Å². The number of ether oxygens (including phenoxy) is 1. The average molecular weight is 244 g/mol. The summed E-state index contributed by atoms with van der Waals surface area (Å²) in [5, 5.41) is 3.24. The van der Waals surface area contributed by atoms with Gasteiger partial charge in [0.1, 0.15) is 5.82 Å². The zero-order valence-electron chi connectivity index (χ0n) is 9.74. The van der Waals surface area contributed by atoms with E-state index in [1.54, 1.807) is 12.4 Å². The highest BCUT2D eigenvalue weighted by Gasteiger charge is 2.03. The van der Waals surface area contributed by atoms with Crippen molar-refractivity contribution in [2.75, 3.05) is 18.5 Å². The minimum Gasteiger partial charge on any atom is -0.477 e. The average Bonchev–Trinajstić information content (AvgIpc) is 2.34. The first-order chi connectivity index (χ1) is 7.76. The van der Waals surface area contributed by atoms with Crippen molar-refractivity contribution in [1.29, 1.82) is 0 Å². The summed E-state index contributed by atoms with van der Waals surface area (Å²) >= 11 is 6.00. The summed E-state index contributed by atoms with van der Waals surface area (Å²) in [6.45, 7) is 5.44. The van der Waals surface area contributed by atoms with Crippen molar-refractivity contribution < 1.29 is 4.74 Å². The Morgan fingerprint density at radius 2 is 2.25 bits per heavy atom. The number of anilines is 1. The number of hydrogen-bond acceptors (Lipinski definition) is 4. The molecule has 0 spiro atoms. The third-order valence-electron chi connectivity index (χ3n) is 2.01. The normalized spacial score (nSPS) is 12.2. The van der Waals surface area contributed by atoms with Crippen LogP contribution in [0.15, 0.2) is 12.4 Å². The van der Waals surface area contributed by atoms with Crippen molar-refractivity contribution in [3.8, 4) is 5.88 Å². The van der Waals surface area contributed by atoms with Gasteiger partial charge >= 0.3 is 0 Å². The maximum absolute atomic E-state index is 6.00. The Balaban J connectivity index is 2.46. The molecule has 16 heavy (non-hydrogen) atoms. The van der Waals surface area contributed by atoms with E-state index in [2.05, 4.69) is 22.2 Å². The zero-order chi connectivity index (χ0) is 11.8. The summed E-state index contributed by atoms with van der Waals surface area (Å²) < 4.78 is 5.38. The smallest absolute Gasteiger partial charge is 0.234 e. The molecule has 0 aromatic carbocycles. The predicted molar refractivity (Wildman–Crippen MR) is 66.2 cm³/mol. The highest BCUT2D eigenvalue weighted by atomic mass is 35.5. The van der Waals surface area contributed by atoms with Gasteiger partial charge < -0.3 is 10.1 Å². The summed E-state index contributed by atoms with van der Waals surface area (Å²) in [6.07, 6.45) is 5.16. The number of alkyl halides is 1. The molecule has 0 saturated heterocycles. The van der Waals surface area contributed by atoms with Gasteiger partial charge in [-0.15, -0.1) is 11.6 Å². The molecule has 1 unspecified atom stereocenters. The molecule has 0 aliphatic heterocycles. The van der Waals surface area contributed by atoms with Crippen LogP contribution >= 0.6 is 11.6 Å². The summed E-state index contributed by atoms with van der Waals surface area (Å²) in [4.78, 5) is 8.31. The largest absolute Gasteiger partial charge is 0.477 e. The van der Waals surface area contributed by atoms with Gasteiger partial charge in [0.25, 0.3) is 0 Å². The summed E-state index contributed by atoms with van der Waals surface area (Å²) in [7, 11) is 0. The van der Waals surface area contributed by atoms with E-state index >= 15 is 0 Å². The van der Waals surface area contributed by atoms with Crippen molar-refractivity contribution in [1.82, 2.24) is 9.97 Å². The molecule has 0 aliphatic carbocycles. The number of nitrogens with one attached hydrogen (secondary N) is 1. The highest BCUT2D eigenvalue weighted by molar-refractivity contribution is 6.20. The van der Waals surface area contributed by atoms with Crippen LogP contribution in [0, 0.1) is 0 Å². The van der Waals surface area contributed by atoms with Crippen LogP contribution in [0.25, 0.3) is 0 Å². The molecule has 0 fully saturated rings. The molecule has 90 valence electrons. The summed E-state index contributed by atoms with van der Waals surface area (Å²) in [5.41, 5.74) is 0. The van der Waals surface area contributed by atoms with Crippen LogP contribution in [0.2, 0.25) is 0 Å². The molecule has 1 heterocycles. The molecule has 1 rings (SSSR count). The second-order valence-electron chi connectivity index (χ2n) is 3.48. The SMILES string of the molecule is CCCOc1cncc(NCC(Cl)CC)n1. The lowest BCUT2D eigenvalue weighted by Crippen LogP contribution is -2.14. The van der Waals surface area contributed by atoms with Crippen LogP contribution in [-0.2, 0) is 0 Å². The van der Waals surface area contributed by atoms with Gasteiger partial charge in [0, 0.05) is 6.54 Å². The van der Waals surface area contributed by atoms with Crippen molar-refractivity contribution in [2.24, 2.45) is 0 Å². The maximum atomic E-state index is 6.00. The molecule has 1 aromatic heterocycles. The minimum atomic E-state index is 0.113. The predicted octanol–water partition coefficient (Wildman–Crippen LogP) is 2.69. The molecule has 4 nitrogen and oxygen atoms in total. The van der Waals surface area contributed by atoms with Crippen LogP contribution in [0.3, 0.4) is 0 Å². The first-order valence-corrected chi connectivity index (χ1v) is 6.02. The lowest BCUT2D eigenvalue weighted by Gasteiger charge is -2.09. The van der Waals surface area contributed by atoms with Crippen LogP contribution in [0.4, 0.5) is 5.82 Å². The van der Waals surface area contributed by atoms with E-state index in [-0.39, 0.29) is 5.38 Å². The van der Waals surface area contributed by atoms with Crippen LogP contribution in [0.5, 0.6) is 5.88 Å². The zero-order valence-corrected chi connectivity index (χ0v) is 10.5. The topological polar surface area (TPSA) is 47.0 Å². The molecule has 0 radical (unpaired) electrons. The van der Waals surface area contributed by atoms with Gasteiger partial charge in [-0.25, -0.2) is 0 Å². The van der Waals surface area contributed by atoms with E-state index in [9.17, 15) is 0 Å². The Morgan fingerprint density at radius 1 is 1.44 bits per heavy atom. The van der Waals surface area contributed by atoms with Crippen molar-refractivity contribution in [3.63, 3.8) is 0 Å². The molecule has 1 N–H and O–H groups in total. The van der Waals surface area contributed by atoms with E-state index in [1.165, 1.54) is 0 Å². The quantitative estimate of drug-likeness (QED) is 0.748. The van der Waals surface area contributed by atoms with E-state index in [0.29, 0.717) is 24.8 Å². The Labute approximate surface area is 101 Å². The number of hydrogen-bond donors (Lipinski definition) is 1. The summed E-state index contributed by atoms with van der Waals surface area (Å²) in [6, 6.07) is 0. The molecule has 1 aromatic rings. The van der Waals surface area contributed by atoms with Crippen molar-refractivity contribution >= 4 is 17.4 Å². The molecular weight excluding hydrogens is 226 g/mol. The van der Waals surface area contributed by atoms with Gasteiger partial charge in [-0.2, -0.15) is 4.98 Å². The number of rotatable bonds is 7. The third kappa shape index (κ3) is 4.66. The van der Waals surface area contributed by atoms with E-state index in [1.807, 2.05) is 6.92 Å². The molecular formula is C11H18ClN3O. The van der Waals surface area contributed by atoms with Gasteiger partial charge in [-0.1, -0.05) is 13.8 Å². The Kier molecular flexibility index (Phi) is 5.93. The first-order valence-electron chi connectivity index (χ1n) is 5.59. The molecule has 0 saturated carbocycles. The Bertz CT molecular complexity index is 309. The van der Waals surface area contributed by atoms with Gasteiger partial charge in [0.05, 0.1) is 24.4 Å². The minimum absolute atomic E-state index is 0.113. The monoisotopic (exact) mass is 243 g/mol. The van der Waals surface area contributed by atoms with Gasteiger partial charge in [-0.05, 0) is 12.8 Å². The first kappa shape index (κ1) is 13.0. The Morgan fingerprint density at radius 3 is 2.94 bits per heavy atom. The highest BCUT2D eigenvalue weighted by Crippen LogP contribution is 2.10. The molecule has 5 heteroatoms. The molecule has 1 atom stereocenters. The van der Waals surface area contributed by atoms with E-state index in [0.717, 1.165) is 12.8 Å². The van der Waals surface area contributed by atoms with E-state index in [4.69, 9.17) is 16.3 Å². The van der Waals surface area contributed by atoms with Crippen LogP contribution in [0.1, 0.15) is 26.7 Å². The fourth-order valence-electron chi connectivity index (χ4n) is 1.07. The fraction of sp³-hybridized carbons (Fsp3) is 0.636. The molecule has 0 aliphatic rings. The lowest BCUT2D eigenvalue weighted by molar-refractivity contribution is 0.304. The number of aromatic nitrogens is 2. The fourth-order valence-corrected chi connectivity index (χ4v) is 1.15. The Hall–Kier alpha value is -1.03. The second kappa shape index (κ2) is 7.28. The molecule has 0 bridgehead atoms. The maximum Gasteiger partial charge on any atom is 0.234 e. The third-order valence-corrected chi connectivity index (χ3v) is 2.48. The lowest BCUT2D eigenvalue weighted by atomic mass is 10.3. The van der Waals surface area contributed by atoms with Crippen molar-refractivity contribution in [2.45, 2.75) is 32.1 Å². The van der Waals surface area contributed by atoms with Crippen molar-refractivity contribution in [3.05, 3.63) is 12.4 Å². The molecule has 0 amide bonds. The summed E-state index contributed by atoms with van der Waals surface area (Å²) in [5.74, 6) is 1.25. The standard InChI is InChI=1S/C11H18ClN3O/c1-3-5-16-11-8-13-7-10(15-11)14-6-9(12)4-2/h7-9H,3-6H2,1-2H3,(H,14,15). The van der Waals surface area contributed by atoms with Gasteiger partial charge in [0.15, 0.2) is 0 Å². The van der Waals surface area contributed by atoms with E-state index < -0.39 is 0 Å². The number of halogens is 1. The second-order valence-corrected chi connectivity index (χ2v) is 4.09. The number of nitrogens with zero attached hydrogens (tertiary/aromatic N) is 2. The van der Waals surface area contributed by atoms with Gasteiger partial charge in [-0.3, -0.25) is 4.98 Å².